The Morgan fingerprint density at radius 1 is 1.32 bits per heavy atom. The molecule has 0 aliphatic carbocycles. The highest BCUT2D eigenvalue weighted by Crippen LogP contribution is 2.39. The van der Waals surface area contributed by atoms with Gasteiger partial charge in [0.25, 0.3) is 5.91 Å². The van der Waals surface area contributed by atoms with Gasteiger partial charge in [-0.1, -0.05) is 5.16 Å². The maximum absolute atomic E-state index is 12.4. The number of nitrogens with zero attached hydrogens (tertiary/aromatic N) is 4. The van der Waals surface area contributed by atoms with Crippen molar-refractivity contribution in [2.24, 2.45) is 5.92 Å². The minimum atomic E-state index is -0.129. The number of amides is 1. The van der Waals surface area contributed by atoms with E-state index in [2.05, 4.69) is 15.4 Å². The van der Waals surface area contributed by atoms with E-state index in [1.807, 2.05) is 0 Å². The van der Waals surface area contributed by atoms with Crippen LogP contribution < -0.4 is 0 Å². The molecule has 2 saturated heterocycles. The summed E-state index contributed by atoms with van der Waals surface area (Å²) < 4.78 is 16.3. The van der Waals surface area contributed by atoms with Crippen LogP contribution in [0.25, 0.3) is 0 Å². The topological polar surface area (TPSA) is 94.5 Å². The monoisotopic (exact) mass is 304 g/mol. The number of fused-ring (bicyclic) bond motifs is 1. The number of aromatic nitrogens is 3. The van der Waals surface area contributed by atoms with Crippen LogP contribution in [0, 0.1) is 19.8 Å². The Kier molecular flexibility index (Phi) is 3.00. The van der Waals surface area contributed by atoms with E-state index in [0.717, 1.165) is 0 Å². The van der Waals surface area contributed by atoms with Gasteiger partial charge >= 0.3 is 0 Å². The van der Waals surface area contributed by atoms with E-state index in [1.54, 1.807) is 24.8 Å². The first-order valence-corrected chi connectivity index (χ1v) is 7.26. The Morgan fingerprint density at radius 3 is 2.86 bits per heavy atom. The maximum Gasteiger partial charge on any atom is 0.276 e. The molecular weight excluding hydrogens is 288 g/mol. The van der Waals surface area contributed by atoms with Crippen molar-refractivity contribution in [3.05, 3.63) is 29.3 Å². The molecule has 2 aliphatic rings. The molecule has 0 unspecified atom stereocenters. The number of carbonyl (C=O) groups excluding carboxylic acids is 1. The fraction of sp³-hybridized carbons (Fsp3) is 0.571. The largest absolute Gasteiger partial charge is 0.425 e. The summed E-state index contributed by atoms with van der Waals surface area (Å²) in [4.78, 5) is 14.2. The lowest BCUT2D eigenvalue weighted by atomic mass is 9.93. The highest BCUT2D eigenvalue weighted by molar-refractivity contribution is 5.92. The number of hydrogen-bond acceptors (Lipinski definition) is 7. The van der Waals surface area contributed by atoms with Gasteiger partial charge in [-0.2, -0.15) is 0 Å². The number of hydrogen-bond donors (Lipinski definition) is 0. The maximum atomic E-state index is 12.4. The van der Waals surface area contributed by atoms with E-state index in [0.29, 0.717) is 42.9 Å². The van der Waals surface area contributed by atoms with Gasteiger partial charge < -0.3 is 18.6 Å². The molecule has 3 atom stereocenters. The molecule has 0 spiro atoms. The summed E-state index contributed by atoms with van der Waals surface area (Å²) in [5, 5.41) is 11.8. The van der Waals surface area contributed by atoms with Gasteiger partial charge in [0.05, 0.1) is 18.6 Å². The fourth-order valence-corrected chi connectivity index (χ4v) is 3.22. The van der Waals surface area contributed by atoms with Crippen molar-refractivity contribution in [2.75, 3.05) is 19.7 Å². The molecule has 0 saturated carbocycles. The number of ether oxygens (including phenoxy) is 1. The molecule has 0 N–H and O–H groups in total. The predicted molar refractivity (Wildman–Crippen MR) is 72.1 cm³/mol. The zero-order valence-corrected chi connectivity index (χ0v) is 12.4. The third-order valence-electron chi connectivity index (χ3n) is 4.31. The Morgan fingerprint density at radius 2 is 2.18 bits per heavy atom. The molecule has 8 nitrogen and oxygen atoms in total. The van der Waals surface area contributed by atoms with Crippen molar-refractivity contribution in [3.8, 4) is 0 Å². The highest BCUT2D eigenvalue weighted by atomic mass is 16.5. The molecule has 2 aromatic rings. The van der Waals surface area contributed by atoms with E-state index < -0.39 is 0 Å². The molecular formula is C14H16N4O4. The second kappa shape index (κ2) is 4.91. The SMILES string of the molecule is Cc1cc(C(=O)N2C[C@@H]3[C@H](C2)OC[C@H]3c2nnc(C)o2)no1. The van der Waals surface area contributed by atoms with Crippen LogP contribution in [0.15, 0.2) is 15.0 Å². The average Bonchev–Trinajstić information content (AvgIpc) is 3.21. The van der Waals surface area contributed by atoms with Gasteiger partial charge in [0, 0.05) is 32.0 Å². The minimum Gasteiger partial charge on any atom is -0.425 e. The molecule has 1 amide bonds. The normalized spacial score (nSPS) is 27.4. The summed E-state index contributed by atoms with van der Waals surface area (Å²) in [6.45, 7) is 5.24. The lowest BCUT2D eigenvalue weighted by Gasteiger charge is -2.17. The molecule has 116 valence electrons. The van der Waals surface area contributed by atoms with Crippen molar-refractivity contribution < 1.29 is 18.5 Å². The summed E-state index contributed by atoms with van der Waals surface area (Å²) in [7, 11) is 0. The summed E-state index contributed by atoms with van der Waals surface area (Å²) in [5.74, 6) is 1.85. The van der Waals surface area contributed by atoms with E-state index in [-0.39, 0.29) is 23.8 Å². The Labute approximate surface area is 126 Å². The van der Waals surface area contributed by atoms with Gasteiger partial charge in [0.1, 0.15) is 5.76 Å². The lowest BCUT2D eigenvalue weighted by Crippen LogP contribution is -2.31. The molecule has 0 radical (unpaired) electrons. The van der Waals surface area contributed by atoms with Crippen molar-refractivity contribution in [2.45, 2.75) is 25.9 Å². The van der Waals surface area contributed by atoms with Crippen LogP contribution in [-0.2, 0) is 4.74 Å². The summed E-state index contributed by atoms with van der Waals surface area (Å²) in [6, 6.07) is 1.65. The van der Waals surface area contributed by atoms with E-state index >= 15 is 0 Å². The number of rotatable bonds is 2. The number of aryl methyl sites for hydroxylation is 2. The zero-order chi connectivity index (χ0) is 15.3. The standard InChI is InChI=1S/C14H16N4O4/c1-7-3-11(17-22-7)14(19)18-4-9-10(6-20-12(9)5-18)13-16-15-8(2)21-13/h3,9-10,12H,4-6H2,1-2H3/t9-,10+,12-/m0/s1. The molecule has 0 bridgehead atoms. The second-order valence-corrected chi connectivity index (χ2v) is 5.83. The van der Waals surface area contributed by atoms with E-state index in [4.69, 9.17) is 13.7 Å². The van der Waals surface area contributed by atoms with Gasteiger partial charge in [-0.3, -0.25) is 4.79 Å². The first kappa shape index (κ1) is 13.4. The third-order valence-corrected chi connectivity index (χ3v) is 4.31. The van der Waals surface area contributed by atoms with Crippen molar-refractivity contribution in [1.82, 2.24) is 20.3 Å². The number of carbonyl (C=O) groups is 1. The van der Waals surface area contributed by atoms with Gasteiger partial charge in [-0.05, 0) is 6.92 Å². The highest BCUT2D eigenvalue weighted by Gasteiger charge is 2.48. The van der Waals surface area contributed by atoms with Gasteiger partial charge in [-0.25, -0.2) is 0 Å². The summed E-state index contributed by atoms with van der Waals surface area (Å²) in [6.07, 6.45) is 0.00848. The molecule has 0 aromatic carbocycles. The summed E-state index contributed by atoms with van der Waals surface area (Å²) in [5.41, 5.74) is 0.336. The third kappa shape index (κ3) is 2.10. The van der Waals surface area contributed by atoms with Gasteiger partial charge in [0.2, 0.25) is 11.8 Å². The van der Waals surface area contributed by atoms with Crippen LogP contribution in [0.4, 0.5) is 0 Å². The predicted octanol–water partition coefficient (Wildman–Crippen LogP) is 0.929. The summed E-state index contributed by atoms with van der Waals surface area (Å²) >= 11 is 0. The van der Waals surface area contributed by atoms with Crippen LogP contribution in [0.3, 0.4) is 0 Å². The lowest BCUT2D eigenvalue weighted by molar-refractivity contribution is 0.0677. The Balaban J connectivity index is 1.51. The van der Waals surface area contributed by atoms with Gasteiger partial charge in [0.15, 0.2) is 5.69 Å². The zero-order valence-electron chi connectivity index (χ0n) is 12.4. The number of likely N-dealkylation sites (tertiary alicyclic amines) is 1. The molecule has 2 fully saturated rings. The average molecular weight is 304 g/mol. The quantitative estimate of drug-likeness (QED) is 0.814. The molecule has 4 heterocycles. The fourth-order valence-electron chi connectivity index (χ4n) is 3.22. The minimum absolute atomic E-state index is 0.00848. The van der Waals surface area contributed by atoms with Crippen LogP contribution in [-0.4, -0.2) is 52.0 Å². The second-order valence-electron chi connectivity index (χ2n) is 5.83. The van der Waals surface area contributed by atoms with Crippen molar-refractivity contribution in [1.29, 1.82) is 0 Å². The molecule has 4 rings (SSSR count). The van der Waals surface area contributed by atoms with Crippen LogP contribution in [0.5, 0.6) is 0 Å². The molecule has 2 aromatic heterocycles. The van der Waals surface area contributed by atoms with E-state index in [1.165, 1.54) is 0 Å². The van der Waals surface area contributed by atoms with Crippen LogP contribution in [0.1, 0.15) is 33.9 Å². The first-order valence-electron chi connectivity index (χ1n) is 7.26. The first-order chi connectivity index (χ1) is 10.6. The Bertz CT molecular complexity index is 709. The molecule has 8 heteroatoms. The smallest absolute Gasteiger partial charge is 0.276 e. The van der Waals surface area contributed by atoms with E-state index in [9.17, 15) is 4.79 Å². The molecule has 2 aliphatic heterocycles. The van der Waals surface area contributed by atoms with Crippen molar-refractivity contribution in [3.63, 3.8) is 0 Å². The molecule has 22 heavy (non-hydrogen) atoms. The Hall–Kier alpha value is -2.22. The van der Waals surface area contributed by atoms with Gasteiger partial charge in [-0.15, -0.1) is 10.2 Å². The van der Waals surface area contributed by atoms with Crippen LogP contribution >= 0.6 is 0 Å². The van der Waals surface area contributed by atoms with Crippen LogP contribution in [0.2, 0.25) is 0 Å². The van der Waals surface area contributed by atoms with Crippen molar-refractivity contribution >= 4 is 5.91 Å².